The van der Waals surface area contributed by atoms with Crippen molar-refractivity contribution in [3.05, 3.63) is 59.3 Å². The Hall–Kier alpha value is -2.35. The van der Waals surface area contributed by atoms with Crippen molar-refractivity contribution in [2.75, 3.05) is 33.4 Å². The van der Waals surface area contributed by atoms with Gasteiger partial charge in [-0.2, -0.15) is 0 Å². The summed E-state index contributed by atoms with van der Waals surface area (Å²) in [6.07, 6.45) is 10.1. The van der Waals surface area contributed by atoms with E-state index in [1.54, 1.807) is 25.6 Å². The van der Waals surface area contributed by atoms with Crippen LogP contribution >= 0.6 is 11.6 Å². The van der Waals surface area contributed by atoms with Gasteiger partial charge in [-0.25, -0.2) is 4.39 Å². The van der Waals surface area contributed by atoms with E-state index in [-0.39, 0.29) is 12.0 Å². The maximum absolute atomic E-state index is 15.6. The van der Waals surface area contributed by atoms with E-state index in [2.05, 4.69) is 19.9 Å². The maximum Gasteiger partial charge on any atom is 0.127 e. The molecule has 0 saturated carbocycles. The molecular weight excluding hydrogens is 455 g/mol. The number of ether oxygens (including phenoxy) is 1. The number of aliphatic hydroxyl groups is 1. The summed E-state index contributed by atoms with van der Waals surface area (Å²) in [6.45, 7) is 2.89. The van der Waals surface area contributed by atoms with Crippen LogP contribution in [-0.4, -0.2) is 58.3 Å². The van der Waals surface area contributed by atoms with Gasteiger partial charge in [0, 0.05) is 42.3 Å². The summed E-state index contributed by atoms with van der Waals surface area (Å²) >= 11 is 6.39. The van der Waals surface area contributed by atoms with E-state index < -0.39 is 6.17 Å². The predicted molar refractivity (Wildman–Crippen MR) is 132 cm³/mol. The molecule has 3 aromatic rings. The molecule has 34 heavy (non-hydrogen) atoms. The average Bonchev–Trinajstić information content (AvgIpc) is 2.88. The zero-order chi connectivity index (χ0) is 24.0. The molecule has 0 amide bonds. The number of hydrogen-bond donors (Lipinski definition) is 1. The van der Waals surface area contributed by atoms with Crippen LogP contribution in [0, 0.1) is 5.41 Å². The fourth-order valence-corrected chi connectivity index (χ4v) is 5.14. The van der Waals surface area contributed by atoms with Gasteiger partial charge in [-0.1, -0.05) is 11.6 Å². The standard InChI is InChI=1S/C26H32ClFN4O2/c1-34-20-4-5-24-21(15-20)25(22(27)17-31-24)23(28)6-7-26(18-33)8-13-32(14-9-26)12-2-3-19-16-29-10-11-30-19/h4-5,10-11,15-17,23,33H,2-3,6-9,12-14,18H2,1H3/t23-/m0/s1. The molecule has 182 valence electrons. The van der Waals surface area contributed by atoms with E-state index in [4.69, 9.17) is 16.3 Å². The van der Waals surface area contributed by atoms with Crippen molar-refractivity contribution in [3.8, 4) is 5.75 Å². The van der Waals surface area contributed by atoms with Gasteiger partial charge in [-0.05, 0) is 81.8 Å². The first-order valence-corrected chi connectivity index (χ1v) is 12.3. The van der Waals surface area contributed by atoms with Crippen LogP contribution in [-0.2, 0) is 6.42 Å². The SMILES string of the molecule is COc1ccc2ncc(Cl)c([C@@H](F)CCC3(CO)CCN(CCCc4cnccn4)CC3)c2c1. The Balaban J connectivity index is 1.34. The van der Waals surface area contributed by atoms with Crippen molar-refractivity contribution < 1.29 is 14.2 Å². The van der Waals surface area contributed by atoms with Crippen LogP contribution < -0.4 is 4.74 Å². The molecule has 3 heterocycles. The first-order chi connectivity index (χ1) is 16.5. The smallest absolute Gasteiger partial charge is 0.127 e. The Morgan fingerprint density at radius 2 is 2.03 bits per heavy atom. The summed E-state index contributed by atoms with van der Waals surface area (Å²) in [5.41, 5.74) is 1.91. The maximum atomic E-state index is 15.6. The first kappa shape index (κ1) is 24.8. The van der Waals surface area contributed by atoms with Gasteiger partial charge in [-0.3, -0.25) is 15.0 Å². The number of aliphatic hydroxyl groups excluding tert-OH is 1. The highest BCUT2D eigenvalue weighted by Crippen LogP contribution is 2.41. The zero-order valence-electron chi connectivity index (χ0n) is 19.6. The van der Waals surface area contributed by atoms with Gasteiger partial charge >= 0.3 is 0 Å². The number of piperidine rings is 1. The highest BCUT2D eigenvalue weighted by atomic mass is 35.5. The van der Waals surface area contributed by atoms with Crippen LogP contribution in [0.4, 0.5) is 4.39 Å². The molecule has 0 aliphatic carbocycles. The van der Waals surface area contributed by atoms with Gasteiger partial charge < -0.3 is 14.7 Å². The third-order valence-electron chi connectivity index (χ3n) is 7.09. The van der Waals surface area contributed by atoms with Crippen molar-refractivity contribution >= 4 is 22.5 Å². The molecule has 8 heteroatoms. The van der Waals surface area contributed by atoms with Gasteiger partial charge in [-0.15, -0.1) is 0 Å². The first-order valence-electron chi connectivity index (χ1n) is 11.9. The number of halogens is 2. The largest absolute Gasteiger partial charge is 0.497 e. The number of benzene rings is 1. The molecule has 1 saturated heterocycles. The molecule has 1 N–H and O–H groups in total. The summed E-state index contributed by atoms with van der Waals surface area (Å²) in [5, 5.41) is 11.2. The Kier molecular flexibility index (Phi) is 8.29. The molecule has 0 unspecified atom stereocenters. The minimum atomic E-state index is -1.24. The predicted octanol–water partition coefficient (Wildman–Crippen LogP) is 5.18. The lowest BCUT2D eigenvalue weighted by atomic mass is 9.74. The normalized spacial score (nSPS) is 17.1. The number of likely N-dealkylation sites (tertiary alicyclic amines) is 1. The van der Waals surface area contributed by atoms with Gasteiger partial charge in [0.2, 0.25) is 0 Å². The Morgan fingerprint density at radius 1 is 1.21 bits per heavy atom. The summed E-state index contributed by atoms with van der Waals surface area (Å²) in [6, 6.07) is 5.41. The summed E-state index contributed by atoms with van der Waals surface area (Å²) in [7, 11) is 1.58. The second-order valence-corrected chi connectivity index (χ2v) is 9.62. The molecule has 1 atom stereocenters. The minimum Gasteiger partial charge on any atom is -0.497 e. The van der Waals surface area contributed by atoms with Gasteiger partial charge in [0.05, 0.1) is 23.3 Å². The number of pyridine rings is 1. The fraction of sp³-hybridized carbons (Fsp3) is 0.500. The third kappa shape index (κ3) is 5.82. The van der Waals surface area contributed by atoms with Crippen molar-refractivity contribution in [3.63, 3.8) is 0 Å². The van der Waals surface area contributed by atoms with Crippen LogP contribution in [0.1, 0.15) is 49.5 Å². The second kappa shape index (κ2) is 11.4. The van der Waals surface area contributed by atoms with Crippen LogP contribution in [0.15, 0.2) is 43.0 Å². The molecule has 0 bridgehead atoms. The van der Waals surface area contributed by atoms with E-state index in [1.165, 1.54) is 6.20 Å². The summed E-state index contributed by atoms with van der Waals surface area (Å²) in [5.74, 6) is 0.642. The van der Waals surface area contributed by atoms with E-state index in [0.29, 0.717) is 40.1 Å². The summed E-state index contributed by atoms with van der Waals surface area (Å²) < 4.78 is 20.9. The number of aromatic nitrogens is 3. The van der Waals surface area contributed by atoms with Crippen molar-refractivity contribution in [2.24, 2.45) is 5.41 Å². The third-order valence-corrected chi connectivity index (χ3v) is 7.39. The van der Waals surface area contributed by atoms with Gasteiger partial charge in [0.25, 0.3) is 0 Å². The number of hydrogen-bond acceptors (Lipinski definition) is 6. The Labute approximate surface area is 205 Å². The van der Waals surface area contributed by atoms with Crippen LogP contribution in [0.5, 0.6) is 5.75 Å². The summed E-state index contributed by atoms with van der Waals surface area (Å²) in [4.78, 5) is 15.2. The number of fused-ring (bicyclic) bond motifs is 1. The molecule has 1 aliphatic heterocycles. The molecule has 1 fully saturated rings. The molecule has 2 aromatic heterocycles. The molecule has 0 radical (unpaired) electrons. The molecular formula is C26H32ClFN4O2. The van der Waals surface area contributed by atoms with Gasteiger partial charge in [0.1, 0.15) is 11.9 Å². The highest BCUT2D eigenvalue weighted by Gasteiger charge is 2.35. The highest BCUT2D eigenvalue weighted by molar-refractivity contribution is 6.32. The van der Waals surface area contributed by atoms with Gasteiger partial charge in [0.15, 0.2) is 0 Å². The Morgan fingerprint density at radius 3 is 2.74 bits per heavy atom. The van der Waals surface area contributed by atoms with E-state index >= 15 is 4.39 Å². The Bertz CT molecular complexity index is 1080. The fourth-order valence-electron chi connectivity index (χ4n) is 4.87. The zero-order valence-corrected chi connectivity index (χ0v) is 20.3. The van der Waals surface area contributed by atoms with Crippen LogP contribution in [0.3, 0.4) is 0 Å². The minimum absolute atomic E-state index is 0.0752. The number of nitrogens with zero attached hydrogens (tertiary/aromatic N) is 4. The monoisotopic (exact) mass is 486 g/mol. The van der Waals surface area contributed by atoms with E-state index in [1.807, 2.05) is 18.3 Å². The van der Waals surface area contributed by atoms with Crippen LogP contribution in [0.2, 0.25) is 5.02 Å². The van der Waals surface area contributed by atoms with Crippen molar-refractivity contribution in [2.45, 2.75) is 44.7 Å². The molecule has 1 aromatic carbocycles. The lowest BCUT2D eigenvalue weighted by Crippen LogP contribution is -2.42. The number of aryl methyl sites for hydroxylation is 1. The molecule has 1 aliphatic rings. The molecule has 6 nitrogen and oxygen atoms in total. The quantitative estimate of drug-likeness (QED) is 0.425. The molecule has 4 rings (SSSR count). The van der Waals surface area contributed by atoms with Crippen molar-refractivity contribution in [1.82, 2.24) is 19.9 Å². The topological polar surface area (TPSA) is 71.4 Å². The lowest BCUT2D eigenvalue weighted by Gasteiger charge is -2.41. The van der Waals surface area contributed by atoms with Crippen molar-refractivity contribution in [1.29, 1.82) is 0 Å². The van der Waals surface area contributed by atoms with E-state index in [9.17, 15) is 5.11 Å². The molecule has 0 spiro atoms. The average molecular weight is 487 g/mol. The van der Waals surface area contributed by atoms with E-state index in [0.717, 1.165) is 51.0 Å². The number of rotatable bonds is 10. The number of methoxy groups -OCH3 is 1. The lowest BCUT2D eigenvalue weighted by molar-refractivity contribution is 0.0300. The van der Waals surface area contributed by atoms with Crippen LogP contribution in [0.25, 0.3) is 10.9 Å². The number of alkyl halides is 1. The second-order valence-electron chi connectivity index (χ2n) is 9.21.